The first-order chi connectivity index (χ1) is 6.27. The largest absolute Gasteiger partial charge is 0.341 e. The van der Waals surface area contributed by atoms with Crippen molar-refractivity contribution in [3.05, 3.63) is 0 Å². The van der Waals surface area contributed by atoms with Gasteiger partial charge >= 0.3 is 0 Å². The van der Waals surface area contributed by atoms with E-state index < -0.39 is 10.8 Å². The predicted octanol–water partition coefficient (Wildman–Crippen LogP) is 0.377. The van der Waals surface area contributed by atoms with Gasteiger partial charge in [-0.05, 0) is 12.8 Å². The van der Waals surface area contributed by atoms with E-state index in [0.29, 0.717) is 36.4 Å². The second-order valence-electron chi connectivity index (χ2n) is 3.80. The van der Waals surface area contributed by atoms with Gasteiger partial charge in [-0.15, -0.1) is 0 Å². The van der Waals surface area contributed by atoms with Gasteiger partial charge in [0.25, 0.3) is 0 Å². The first-order valence-corrected chi connectivity index (χ1v) is 6.40. The average Bonchev–Trinajstić information content (AvgIpc) is 2.02. The Morgan fingerprint density at radius 3 is 2.31 bits per heavy atom. The molecule has 3 nitrogen and oxygen atoms in total. The average molecular weight is 201 g/mol. The standard InChI is InChI=1S/C9H15NO2S/c11-9(8-2-1-3-8)10-4-6-13(12)7-5-10/h8H,1-7H2. The fraction of sp³-hybridized carbons (Fsp3) is 0.889. The minimum Gasteiger partial charge on any atom is -0.341 e. The van der Waals surface area contributed by atoms with Crippen LogP contribution in [0.1, 0.15) is 19.3 Å². The monoisotopic (exact) mass is 201 g/mol. The molecule has 13 heavy (non-hydrogen) atoms. The summed E-state index contributed by atoms with van der Waals surface area (Å²) < 4.78 is 11.1. The molecule has 0 unspecified atom stereocenters. The van der Waals surface area contributed by atoms with Crippen molar-refractivity contribution in [3.63, 3.8) is 0 Å². The minimum absolute atomic E-state index is 0.298. The van der Waals surface area contributed by atoms with Crippen LogP contribution in [-0.2, 0) is 15.6 Å². The lowest BCUT2D eigenvalue weighted by Crippen LogP contribution is -2.45. The zero-order valence-electron chi connectivity index (χ0n) is 7.70. The molecule has 4 heteroatoms. The third-order valence-corrected chi connectivity index (χ3v) is 4.22. The lowest BCUT2D eigenvalue weighted by Gasteiger charge is -2.33. The van der Waals surface area contributed by atoms with Crippen LogP contribution in [0.3, 0.4) is 0 Å². The highest BCUT2D eigenvalue weighted by Gasteiger charge is 2.30. The topological polar surface area (TPSA) is 37.4 Å². The van der Waals surface area contributed by atoms with E-state index >= 15 is 0 Å². The van der Waals surface area contributed by atoms with Crippen LogP contribution in [0.2, 0.25) is 0 Å². The Morgan fingerprint density at radius 1 is 1.23 bits per heavy atom. The van der Waals surface area contributed by atoms with Crippen molar-refractivity contribution >= 4 is 16.7 Å². The minimum atomic E-state index is -0.668. The Labute approximate surface area is 80.9 Å². The van der Waals surface area contributed by atoms with Gasteiger partial charge in [0.05, 0.1) is 0 Å². The highest BCUT2D eigenvalue weighted by Crippen LogP contribution is 2.28. The predicted molar refractivity (Wildman–Crippen MR) is 51.8 cm³/mol. The van der Waals surface area contributed by atoms with Crippen LogP contribution in [-0.4, -0.2) is 39.6 Å². The molecule has 0 atom stereocenters. The second kappa shape index (κ2) is 3.78. The third-order valence-electron chi connectivity index (χ3n) is 2.94. The van der Waals surface area contributed by atoms with E-state index in [4.69, 9.17) is 0 Å². The van der Waals surface area contributed by atoms with E-state index in [2.05, 4.69) is 0 Å². The van der Waals surface area contributed by atoms with Crippen LogP contribution < -0.4 is 0 Å². The molecule has 0 aromatic rings. The van der Waals surface area contributed by atoms with Gasteiger partial charge in [-0.25, -0.2) is 0 Å². The van der Waals surface area contributed by atoms with E-state index in [1.54, 1.807) is 0 Å². The Hall–Kier alpha value is -0.380. The molecule has 1 aliphatic heterocycles. The molecule has 1 saturated heterocycles. The molecule has 2 rings (SSSR count). The van der Waals surface area contributed by atoms with Crippen molar-refractivity contribution in [1.82, 2.24) is 4.90 Å². The Bertz CT molecular complexity index is 228. The van der Waals surface area contributed by atoms with E-state index in [9.17, 15) is 9.00 Å². The van der Waals surface area contributed by atoms with E-state index in [1.807, 2.05) is 4.90 Å². The van der Waals surface area contributed by atoms with E-state index in [1.165, 1.54) is 6.42 Å². The summed E-state index contributed by atoms with van der Waals surface area (Å²) in [4.78, 5) is 13.6. The zero-order chi connectivity index (χ0) is 9.26. The molecular weight excluding hydrogens is 186 g/mol. The maximum Gasteiger partial charge on any atom is 0.225 e. The molecule has 1 saturated carbocycles. The Kier molecular flexibility index (Phi) is 2.67. The van der Waals surface area contributed by atoms with Gasteiger partial charge in [-0.1, -0.05) is 6.42 Å². The third kappa shape index (κ3) is 1.93. The SMILES string of the molecule is O=C(C1CCC1)N1CCS(=O)CC1. The summed E-state index contributed by atoms with van der Waals surface area (Å²) in [5, 5.41) is 0. The van der Waals surface area contributed by atoms with Gasteiger partial charge < -0.3 is 4.90 Å². The summed E-state index contributed by atoms with van der Waals surface area (Å²) in [7, 11) is -0.668. The van der Waals surface area contributed by atoms with Crippen molar-refractivity contribution in [3.8, 4) is 0 Å². The molecule has 1 heterocycles. The maximum atomic E-state index is 11.7. The van der Waals surface area contributed by atoms with Crippen LogP contribution in [0.4, 0.5) is 0 Å². The number of amides is 1. The zero-order valence-corrected chi connectivity index (χ0v) is 8.52. The first kappa shape index (κ1) is 9.19. The summed E-state index contributed by atoms with van der Waals surface area (Å²) in [6, 6.07) is 0. The Morgan fingerprint density at radius 2 is 1.85 bits per heavy atom. The molecule has 0 spiro atoms. The maximum absolute atomic E-state index is 11.7. The fourth-order valence-corrected chi connectivity index (χ4v) is 2.82. The smallest absolute Gasteiger partial charge is 0.225 e. The summed E-state index contributed by atoms with van der Waals surface area (Å²) in [5.74, 6) is 1.96. The quantitative estimate of drug-likeness (QED) is 0.615. The number of hydrogen-bond acceptors (Lipinski definition) is 2. The van der Waals surface area contributed by atoms with Crippen molar-refractivity contribution in [2.45, 2.75) is 19.3 Å². The number of rotatable bonds is 1. The van der Waals surface area contributed by atoms with Crippen LogP contribution >= 0.6 is 0 Å². The van der Waals surface area contributed by atoms with Crippen molar-refractivity contribution in [1.29, 1.82) is 0 Å². The molecular formula is C9H15NO2S. The fourth-order valence-electron chi connectivity index (χ4n) is 1.77. The molecule has 74 valence electrons. The normalized spacial score (nSPS) is 25.7. The lowest BCUT2D eigenvalue weighted by atomic mass is 9.84. The molecule has 1 aliphatic carbocycles. The molecule has 0 aromatic carbocycles. The van der Waals surface area contributed by atoms with Crippen molar-refractivity contribution < 1.29 is 9.00 Å². The van der Waals surface area contributed by atoms with E-state index in [-0.39, 0.29) is 0 Å². The van der Waals surface area contributed by atoms with Crippen LogP contribution in [0.15, 0.2) is 0 Å². The van der Waals surface area contributed by atoms with Gasteiger partial charge in [0.2, 0.25) is 5.91 Å². The molecule has 0 radical (unpaired) electrons. The molecule has 0 N–H and O–H groups in total. The van der Waals surface area contributed by atoms with Crippen LogP contribution in [0.5, 0.6) is 0 Å². The number of carbonyl (C=O) groups excluding carboxylic acids is 1. The Balaban J connectivity index is 1.86. The van der Waals surface area contributed by atoms with Gasteiger partial charge in [0.1, 0.15) is 0 Å². The highest BCUT2D eigenvalue weighted by molar-refractivity contribution is 7.85. The summed E-state index contributed by atoms with van der Waals surface area (Å²) in [5.41, 5.74) is 0. The number of nitrogens with zero attached hydrogens (tertiary/aromatic N) is 1. The molecule has 0 aromatic heterocycles. The van der Waals surface area contributed by atoms with E-state index in [0.717, 1.165) is 12.8 Å². The molecule has 2 fully saturated rings. The van der Waals surface area contributed by atoms with Crippen LogP contribution in [0, 0.1) is 5.92 Å². The molecule has 0 bridgehead atoms. The number of carbonyl (C=O) groups is 1. The first-order valence-electron chi connectivity index (χ1n) is 4.91. The second-order valence-corrected chi connectivity index (χ2v) is 5.50. The molecule has 2 aliphatic rings. The number of hydrogen-bond donors (Lipinski definition) is 0. The van der Waals surface area contributed by atoms with Crippen molar-refractivity contribution in [2.24, 2.45) is 5.92 Å². The van der Waals surface area contributed by atoms with Gasteiger partial charge in [-0.2, -0.15) is 0 Å². The van der Waals surface area contributed by atoms with Gasteiger partial charge in [0, 0.05) is 41.3 Å². The summed E-state index contributed by atoms with van der Waals surface area (Å²) >= 11 is 0. The molecule has 1 amide bonds. The van der Waals surface area contributed by atoms with Crippen molar-refractivity contribution in [2.75, 3.05) is 24.6 Å². The lowest BCUT2D eigenvalue weighted by molar-refractivity contribution is -0.137. The van der Waals surface area contributed by atoms with Crippen LogP contribution in [0.25, 0.3) is 0 Å². The van der Waals surface area contributed by atoms with Gasteiger partial charge in [0.15, 0.2) is 0 Å². The summed E-state index contributed by atoms with van der Waals surface area (Å²) in [6.45, 7) is 1.42. The summed E-state index contributed by atoms with van der Waals surface area (Å²) in [6.07, 6.45) is 3.34. The van der Waals surface area contributed by atoms with Gasteiger partial charge in [-0.3, -0.25) is 9.00 Å². The highest BCUT2D eigenvalue weighted by atomic mass is 32.2.